The summed E-state index contributed by atoms with van der Waals surface area (Å²) < 4.78 is 25.1. The van der Waals surface area contributed by atoms with E-state index in [4.69, 9.17) is 9.15 Å². The Bertz CT molecular complexity index is 1040. The monoisotopic (exact) mass is 353 g/mol. The van der Waals surface area contributed by atoms with E-state index < -0.39 is 0 Å². The lowest BCUT2D eigenvalue weighted by molar-refractivity contribution is 0.0689. The summed E-state index contributed by atoms with van der Waals surface area (Å²) in [5, 5.41) is 0.517. The third-order valence-electron chi connectivity index (χ3n) is 4.91. The molecule has 1 aliphatic heterocycles. The van der Waals surface area contributed by atoms with Crippen molar-refractivity contribution in [1.82, 2.24) is 4.90 Å². The molecule has 5 heteroatoms. The van der Waals surface area contributed by atoms with Gasteiger partial charge in [0.1, 0.15) is 29.6 Å². The van der Waals surface area contributed by atoms with Crippen LogP contribution in [0.5, 0.6) is 5.75 Å². The Labute approximate surface area is 150 Å². The summed E-state index contributed by atoms with van der Waals surface area (Å²) in [6.45, 7) is 7.17. The number of halogens is 1. The van der Waals surface area contributed by atoms with E-state index in [1.54, 1.807) is 25.1 Å². The molecule has 2 heterocycles. The van der Waals surface area contributed by atoms with Crippen LogP contribution < -0.4 is 10.2 Å². The van der Waals surface area contributed by atoms with Crippen LogP contribution in [0.4, 0.5) is 4.39 Å². The van der Waals surface area contributed by atoms with Gasteiger partial charge in [-0.05, 0) is 50.6 Å². The Balaban J connectivity index is 1.93. The van der Waals surface area contributed by atoms with Gasteiger partial charge in [0.05, 0.1) is 16.5 Å². The molecule has 26 heavy (non-hydrogen) atoms. The average Bonchev–Trinajstić information content (AvgIpc) is 2.62. The highest BCUT2D eigenvalue weighted by molar-refractivity contribution is 5.86. The molecule has 0 aliphatic carbocycles. The van der Waals surface area contributed by atoms with Gasteiger partial charge in [0.2, 0.25) is 5.43 Å². The molecule has 0 unspecified atom stereocenters. The molecule has 0 bridgehead atoms. The van der Waals surface area contributed by atoms with Crippen molar-refractivity contribution in [3.05, 3.63) is 63.8 Å². The van der Waals surface area contributed by atoms with Crippen LogP contribution in [0.1, 0.15) is 25.2 Å². The second kappa shape index (κ2) is 6.25. The molecule has 0 spiro atoms. The molecule has 4 rings (SSSR count). The SMILES string of the molecule is Cc1oc2c3c(ccc2c(=O)c1-c1ccc(F)cc1)OCN(C(C)C)C3. The highest BCUT2D eigenvalue weighted by atomic mass is 19.1. The third kappa shape index (κ3) is 2.69. The van der Waals surface area contributed by atoms with Crippen molar-refractivity contribution in [2.75, 3.05) is 6.73 Å². The lowest BCUT2D eigenvalue weighted by Crippen LogP contribution is -2.37. The number of ether oxygens (including phenoxy) is 1. The summed E-state index contributed by atoms with van der Waals surface area (Å²) in [6, 6.07) is 9.79. The van der Waals surface area contributed by atoms with E-state index in [9.17, 15) is 9.18 Å². The van der Waals surface area contributed by atoms with Crippen molar-refractivity contribution in [3.63, 3.8) is 0 Å². The molecule has 134 valence electrons. The van der Waals surface area contributed by atoms with E-state index in [1.165, 1.54) is 12.1 Å². The van der Waals surface area contributed by atoms with Crippen LogP contribution in [0.15, 0.2) is 45.6 Å². The Morgan fingerprint density at radius 3 is 2.54 bits per heavy atom. The maximum atomic E-state index is 13.2. The summed E-state index contributed by atoms with van der Waals surface area (Å²) in [4.78, 5) is 15.3. The van der Waals surface area contributed by atoms with Gasteiger partial charge in [0.25, 0.3) is 0 Å². The van der Waals surface area contributed by atoms with Crippen LogP contribution >= 0.6 is 0 Å². The minimum atomic E-state index is -0.337. The topological polar surface area (TPSA) is 42.7 Å². The Kier molecular flexibility index (Phi) is 4.04. The van der Waals surface area contributed by atoms with E-state index in [0.717, 1.165) is 11.3 Å². The number of hydrogen-bond acceptors (Lipinski definition) is 4. The third-order valence-corrected chi connectivity index (χ3v) is 4.91. The van der Waals surface area contributed by atoms with Gasteiger partial charge < -0.3 is 9.15 Å². The Hall–Kier alpha value is -2.66. The molecule has 3 aromatic rings. The minimum Gasteiger partial charge on any atom is -0.478 e. The van der Waals surface area contributed by atoms with Crippen LogP contribution in [-0.2, 0) is 6.54 Å². The van der Waals surface area contributed by atoms with Gasteiger partial charge in [-0.1, -0.05) is 12.1 Å². The number of rotatable bonds is 2. The van der Waals surface area contributed by atoms with E-state index >= 15 is 0 Å². The van der Waals surface area contributed by atoms with E-state index in [1.807, 2.05) is 6.07 Å². The standard InChI is InChI=1S/C21H20FNO3/c1-12(2)23-10-17-18(25-11-23)9-8-16-20(24)19(13(3)26-21(16)17)14-4-6-15(22)7-5-14/h4-9,12H,10-11H2,1-3H3. The zero-order chi connectivity index (χ0) is 18.4. The smallest absolute Gasteiger partial charge is 0.200 e. The summed E-state index contributed by atoms with van der Waals surface area (Å²) >= 11 is 0. The van der Waals surface area contributed by atoms with Crippen LogP contribution in [0.2, 0.25) is 0 Å². The highest BCUT2D eigenvalue weighted by Gasteiger charge is 2.25. The molecule has 0 saturated carbocycles. The van der Waals surface area contributed by atoms with Gasteiger partial charge in [-0.25, -0.2) is 4.39 Å². The predicted molar refractivity (Wildman–Crippen MR) is 98.8 cm³/mol. The molecule has 0 fully saturated rings. The first-order chi connectivity index (χ1) is 12.5. The molecule has 0 atom stereocenters. The lowest BCUT2D eigenvalue weighted by Gasteiger charge is -2.32. The molecular weight excluding hydrogens is 333 g/mol. The van der Waals surface area contributed by atoms with Gasteiger partial charge in [-0.15, -0.1) is 0 Å². The fraction of sp³-hybridized carbons (Fsp3) is 0.286. The summed E-state index contributed by atoms with van der Waals surface area (Å²) in [7, 11) is 0. The summed E-state index contributed by atoms with van der Waals surface area (Å²) in [5.74, 6) is 0.937. The Morgan fingerprint density at radius 1 is 1.12 bits per heavy atom. The van der Waals surface area contributed by atoms with Gasteiger partial charge in [-0.3, -0.25) is 9.69 Å². The second-order valence-electron chi connectivity index (χ2n) is 6.90. The van der Waals surface area contributed by atoms with Crippen LogP contribution in [0.25, 0.3) is 22.1 Å². The van der Waals surface area contributed by atoms with Gasteiger partial charge in [-0.2, -0.15) is 0 Å². The van der Waals surface area contributed by atoms with Crippen molar-refractivity contribution >= 4 is 11.0 Å². The molecule has 0 radical (unpaired) electrons. The highest BCUT2D eigenvalue weighted by Crippen LogP contribution is 2.34. The van der Waals surface area contributed by atoms with Crippen LogP contribution in [0, 0.1) is 12.7 Å². The van der Waals surface area contributed by atoms with Crippen molar-refractivity contribution in [1.29, 1.82) is 0 Å². The lowest BCUT2D eigenvalue weighted by atomic mass is 10.0. The average molecular weight is 353 g/mol. The number of hydrogen-bond donors (Lipinski definition) is 0. The zero-order valence-corrected chi connectivity index (χ0v) is 15.0. The van der Waals surface area contributed by atoms with E-state index in [-0.39, 0.29) is 11.2 Å². The number of aryl methyl sites for hydroxylation is 1. The fourth-order valence-electron chi connectivity index (χ4n) is 3.37. The van der Waals surface area contributed by atoms with Gasteiger partial charge in [0, 0.05) is 12.6 Å². The molecule has 0 N–H and O–H groups in total. The van der Waals surface area contributed by atoms with Gasteiger partial charge in [0.15, 0.2) is 0 Å². The largest absolute Gasteiger partial charge is 0.478 e. The maximum absolute atomic E-state index is 13.2. The van der Waals surface area contributed by atoms with Crippen molar-refractivity contribution in [2.45, 2.75) is 33.4 Å². The number of fused-ring (bicyclic) bond motifs is 3. The van der Waals surface area contributed by atoms with E-state index in [0.29, 0.717) is 47.2 Å². The van der Waals surface area contributed by atoms with E-state index in [2.05, 4.69) is 18.7 Å². The normalized spacial score (nSPS) is 14.5. The number of benzene rings is 2. The van der Waals surface area contributed by atoms with Gasteiger partial charge >= 0.3 is 0 Å². The first-order valence-corrected chi connectivity index (χ1v) is 8.68. The molecule has 4 nitrogen and oxygen atoms in total. The fourth-order valence-corrected chi connectivity index (χ4v) is 3.37. The van der Waals surface area contributed by atoms with Crippen molar-refractivity contribution in [2.24, 2.45) is 0 Å². The van der Waals surface area contributed by atoms with Crippen LogP contribution in [-0.4, -0.2) is 17.7 Å². The maximum Gasteiger partial charge on any atom is 0.200 e. The molecule has 1 aromatic heterocycles. The second-order valence-corrected chi connectivity index (χ2v) is 6.90. The molecule has 0 saturated heterocycles. The summed E-state index contributed by atoms with van der Waals surface area (Å²) in [6.07, 6.45) is 0. The summed E-state index contributed by atoms with van der Waals surface area (Å²) in [5.41, 5.74) is 2.47. The predicted octanol–water partition coefficient (Wildman–Crippen LogP) is 4.47. The molecule has 2 aromatic carbocycles. The first kappa shape index (κ1) is 16.8. The van der Waals surface area contributed by atoms with Crippen molar-refractivity contribution < 1.29 is 13.5 Å². The zero-order valence-electron chi connectivity index (χ0n) is 15.0. The molecule has 1 aliphatic rings. The first-order valence-electron chi connectivity index (χ1n) is 8.68. The van der Waals surface area contributed by atoms with Crippen LogP contribution in [0.3, 0.4) is 0 Å². The molecular formula is C21H20FNO3. The Morgan fingerprint density at radius 2 is 1.85 bits per heavy atom. The number of nitrogens with zero attached hydrogens (tertiary/aromatic N) is 1. The molecule has 0 amide bonds. The quantitative estimate of drug-likeness (QED) is 0.682. The minimum absolute atomic E-state index is 0.111. The van der Waals surface area contributed by atoms with Crippen molar-refractivity contribution in [3.8, 4) is 16.9 Å².